The first-order valence-corrected chi connectivity index (χ1v) is 7.81. The summed E-state index contributed by atoms with van der Waals surface area (Å²) >= 11 is 0. The molecule has 0 aliphatic heterocycles. The number of esters is 1. The maximum atomic E-state index is 11.7. The Morgan fingerprint density at radius 3 is 2.64 bits per heavy atom. The van der Waals surface area contributed by atoms with Gasteiger partial charge in [-0.15, -0.1) is 24.0 Å². The van der Waals surface area contributed by atoms with E-state index in [0.29, 0.717) is 19.6 Å². The molecule has 1 rings (SSSR count). The Kier molecular flexibility index (Phi) is 12.6. The number of hydrogen-bond acceptors (Lipinski definition) is 4. The molecule has 0 spiro atoms. The van der Waals surface area contributed by atoms with Crippen LogP contribution in [0.15, 0.2) is 4.99 Å². The number of nitrogens with zero attached hydrogens (tertiary/aromatic N) is 1. The van der Waals surface area contributed by atoms with Crippen LogP contribution in [-0.4, -0.2) is 51.4 Å². The number of aliphatic imine (C=N–C) groups is 1. The van der Waals surface area contributed by atoms with E-state index in [2.05, 4.69) is 15.6 Å². The van der Waals surface area contributed by atoms with Crippen molar-refractivity contribution in [1.29, 1.82) is 0 Å². The van der Waals surface area contributed by atoms with Crippen molar-refractivity contribution in [3.63, 3.8) is 0 Å². The zero-order valence-electron chi connectivity index (χ0n) is 13.9. The monoisotopic (exact) mass is 427 g/mol. The molecule has 0 aromatic rings. The predicted molar refractivity (Wildman–Crippen MR) is 98.8 cm³/mol. The van der Waals surface area contributed by atoms with Crippen LogP contribution in [-0.2, 0) is 14.3 Å². The fraction of sp³-hybridized carbons (Fsp3) is 0.867. The van der Waals surface area contributed by atoms with Gasteiger partial charge in [0.15, 0.2) is 5.96 Å². The summed E-state index contributed by atoms with van der Waals surface area (Å²) in [5, 5.41) is 6.40. The molecule has 7 heteroatoms. The van der Waals surface area contributed by atoms with E-state index in [1.54, 1.807) is 14.2 Å². The fourth-order valence-electron chi connectivity index (χ4n) is 2.41. The molecule has 6 nitrogen and oxygen atoms in total. The molecule has 0 radical (unpaired) electrons. The molecule has 1 saturated carbocycles. The largest absolute Gasteiger partial charge is 0.462 e. The molecule has 22 heavy (non-hydrogen) atoms. The quantitative estimate of drug-likeness (QED) is 0.204. The fourth-order valence-corrected chi connectivity index (χ4v) is 2.41. The molecule has 0 aromatic heterocycles. The molecule has 0 aromatic carbocycles. The molecule has 1 aliphatic rings. The Balaban J connectivity index is 0.00000441. The van der Waals surface area contributed by atoms with E-state index in [0.717, 1.165) is 25.2 Å². The molecule has 1 aliphatic carbocycles. The topological polar surface area (TPSA) is 72.0 Å². The lowest BCUT2D eigenvalue weighted by molar-refractivity contribution is -0.148. The van der Waals surface area contributed by atoms with Crippen LogP contribution < -0.4 is 10.6 Å². The van der Waals surface area contributed by atoms with Crippen LogP contribution in [0.2, 0.25) is 0 Å². The molecule has 1 fully saturated rings. The van der Waals surface area contributed by atoms with Crippen molar-refractivity contribution in [2.45, 2.75) is 57.6 Å². The molecule has 1 unspecified atom stereocenters. The van der Waals surface area contributed by atoms with Gasteiger partial charge in [-0.25, -0.2) is 0 Å². The van der Waals surface area contributed by atoms with E-state index in [-0.39, 0.29) is 42.1 Å². The number of methoxy groups -OCH3 is 1. The van der Waals surface area contributed by atoms with Crippen LogP contribution >= 0.6 is 24.0 Å². The Hall–Kier alpha value is -0.570. The third-order valence-corrected chi connectivity index (χ3v) is 3.47. The molecule has 1 atom stereocenters. The lowest BCUT2D eigenvalue weighted by Gasteiger charge is -2.17. The van der Waals surface area contributed by atoms with Crippen LogP contribution in [0, 0.1) is 0 Å². The summed E-state index contributed by atoms with van der Waals surface area (Å²) < 4.78 is 10.5. The molecule has 0 saturated heterocycles. The van der Waals surface area contributed by atoms with Crippen molar-refractivity contribution in [1.82, 2.24) is 10.6 Å². The highest BCUT2D eigenvalue weighted by Crippen LogP contribution is 2.21. The van der Waals surface area contributed by atoms with Crippen molar-refractivity contribution in [2.24, 2.45) is 4.99 Å². The summed E-state index contributed by atoms with van der Waals surface area (Å²) in [5.41, 5.74) is 0. The van der Waals surface area contributed by atoms with Gasteiger partial charge in [-0.1, -0.05) is 0 Å². The first kappa shape index (κ1) is 21.4. The number of hydrogen-bond donors (Lipinski definition) is 2. The highest BCUT2D eigenvalue weighted by molar-refractivity contribution is 14.0. The van der Waals surface area contributed by atoms with E-state index in [1.165, 1.54) is 12.8 Å². The summed E-state index contributed by atoms with van der Waals surface area (Å²) in [6.45, 7) is 3.34. The number of carbonyl (C=O) groups is 1. The van der Waals surface area contributed by atoms with Crippen molar-refractivity contribution < 1.29 is 14.3 Å². The van der Waals surface area contributed by atoms with Gasteiger partial charge < -0.3 is 20.1 Å². The van der Waals surface area contributed by atoms with Crippen LogP contribution in [0.5, 0.6) is 0 Å². The molecular formula is C15H30IN3O3. The van der Waals surface area contributed by atoms with E-state index in [9.17, 15) is 4.79 Å². The number of guanidine groups is 1. The van der Waals surface area contributed by atoms with Crippen molar-refractivity contribution in [3.8, 4) is 0 Å². The Morgan fingerprint density at radius 2 is 2.05 bits per heavy atom. The highest BCUT2D eigenvalue weighted by Gasteiger charge is 2.18. The second-order valence-corrected chi connectivity index (χ2v) is 5.50. The first-order valence-electron chi connectivity index (χ1n) is 7.81. The van der Waals surface area contributed by atoms with Crippen molar-refractivity contribution >= 4 is 35.9 Å². The summed E-state index contributed by atoms with van der Waals surface area (Å²) in [6, 6.07) is 0.188. The number of ether oxygens (including phenoxy) is 2. The van der Waals surface area contributed by atoms with E-state index >= 15 is 0 Å². The Bertz CT molecular complexity index is 334. The molecule has 130 valence electrons. The maximum absolute atomic E-state index is 11.7. The van der Waals surface area contributed by atoms with Gasteiger partial charge in [-0.2, -0.15) is 0 Å². The molecule has 2 N–H and O–H groups in total. The minimum absolute atomic E-state index is 0. The number of rotatable bonds is 8. The van der Waals surface area contributed by atoms with E-state index in [4.69, 9.17) is 9.47 Å². The summed E-state index contributed by atoms with van der Waals surface area (Å²) in [7, 11) is 3.40. The Morgan fingerprint density at radius 1 is 1.36 bits per heavy atom. The minimum atomic E-state index is -0.0839. The van der Waals surface area contributed by atoms with Gasteiger partial charge in [-0.3, -0.25) is 9.79 Å². The van der Waals surface area contributed by atoms with Crippen molar-refractivity contribution in [3.05, 3.63) is 0 Å². The van der Waals surface area contributed by atoms with Gasteiger partial charge in [0.2, 0.25) is 0 Å². The SMILES string of the molecule is CN=C(NCCCC(=O)OC1CCCC1)NC(C)COC.I. The zero-order chi connectivity index (χ0) is 15.5. The third-order valence-electron chi connectivity index (χ3n) is 3.47. The molecule has 0 heterocycles. The van der Waals surface area contributed by atoms with E-state index in [1.807, 2.05) is 6.92 Å². The second kappa shape index (κ2) is 12.9. The van der Waals surface area contributed by atoms with Gasteiger partial charge in [0.1, 0.15) is 6.10 Å². The summed E-state index contributed by atoms with van der Waals surface area (Å²) in [6.07, 6.45) is 5.77. The van der Waals surface area contributed by atoms with Crippen LogP contribution in [0.4, 0.5) is 0 Å². The number of halogens is 1. The average molecular weight is 427 g/mol. The summed E-state index contributed by atoms with van der Waals surface area (Å²) in [4.78, 5) is 15.8. The lowest BCUT2D eigenvalue weighted by Crippen LogP contribution is -2.44. The number of carbonyl (C=O) groups excluding carboxylic acids is 1. The summed E-state index contributed by atoms with van der Waals surface area (Å²) in [5.74, 6) is 0.642. The molecule has 0 bridgehead atoms. The van der Waals surface area contributed by atoms with Crippen molar-refractivity contribution in [2.75, 3.05) is 27.3 Å². The van der Waals surface area contributed by atoms with Crippen LogP contribution in [0.3, 0.4) is 0 Å². The zero-order valence-corrected chi connectivity index (χ0v) is 16.2. The molecule has 0 amide bonds. The number of nitrogens with one attached hydrogen (secondary N) is 2. The smallest absolute Gasteiger partial charge is 0.306 e. The standard InChI is InChI=1S/C15H29N3O3.HI/c1-12(11-20-3)18-15(16-2)17-10-6-9-14(19)21-13-7-4-5-8-13;/h12-13H,4-11H2,1-3H3,(H2,16,17,18);1H. The van der Waals surface area contributed by atoms with Gasteiger partial charge >= 0.3 is 5.97 Å². The van der Waals surface area contributed by atoms with Crippen LogP contribution in [0.1, 0.15) is 45.4 Å². The maximum Gasteiger partial charge on any atom is 0.306 e. The van der Waals surface area contributed by atoms with E-state index < -0.39 is 0 Å². The van der Waals surface area contributed by atoms with Crippen LogP contribution in [0.25, 0.3) is 0 Å². The first-order chi connectivity index (χ1) is 10.2. The molecular weight excluding hydrogens is 397 g/mol. The van der Waals surface area contributed by atoms with Gasteiger partial charge in [0, 0.05) is 33.2 Å². The van der Waals surface area contributed by atoms with Gasteiger partial charge in [0.25, 0.3) is 0 Å². The normalized spacial score (nSPS) is 16.8. The Labute approximate surface area is 150 Å². The second-order valence-electron chi connectivity index (χ2n) is 5.50. The van der Waals surface area contributed by atoms with Gasteiger partial charge in [-0.05, 0) is 39.0 Å². The average Bonchev–Trinajstić information content (AvgIpc) is 2.95. The predicted octanol–water partition coefficient (Wildman–Crippen LogP) is 2.07. The highest BCUT2D eigenvalue weighted by atomic mass is 127. The van der Waals surface area contributed by atoms with Gasteiger partial charge in [0.05, 0.1) is 6.61 Å². The third kappa shape index (κ3) is 9.45. The lowest BCUT2D eigenvalue weighted by atomic mass is 10.3. The minimum Gasteiger partial charge on any atom is -0.462 e.